The van der Waals surface area contributed by atoms with Crippen molar-refractivity contribution in [2.24, 2.45) is 5.73 Å². The van der Waals surface area contributed by atoms with Crippen molar-refractivity contribution in [1.29, 1.82) is 0 Å². The quantitative estimate of drug-likeness (QED) is 0.817. The summed E-state index contributed by atoms with van der Waals surface area (Å²) >= 11 is 0. The van der Waals surface area contributed by atoms with Crippen molar-refractivity contribution >= 4 is 5.91 Å². The molecule has 0 spiro atoms. The molecule has 0 fully saturated rings. The summed E-state index contributed by atoms with van der Waals surface area (Å²) in [5.41, 5.74) is 5.89. The summed E-state index contributed by atoms with van der Waals surface area (Å²) in [6.07, 6.45) is -0.335. The van der Waals surface area contributed by atoms with Gasteiger partial charge in [-0.05, 0) is 30.7 Å². The number of amides is 1. The van der Waals surface area contributed by atoms with E-state index in [0.717, 1.165) is 5.69 Å². The molecular formula is C14H18N4O3. The lowest BCUT2D eigenvalue weighted by atomic mass is 10.2. The number of rotatable bonds is 6. The summed E-state index contributed by atoms with van der Waals surface area (Å²) in [5.74, 6) is 0.882. The summed E-state index contributed by atoms with van der Waals surface area (Å²) in [6, 6.07) is 7.17. The number of nitrogens with zero attached hydrogens (tertiary/aromatic N) is 3. The minimum atomic E-state index is -0.763. The van der Waals surface area contributed by atoms with Crippen molar-refractivity contribution in [2.75, 3.05) is 7.11 Å². The predicted molar refractivity (Wildman–Crippen MR) is 76.1 cm³/mol. The zero-order chi connectivity index (χ0) is 15.4. The topological polar surface area (TPSA) is 103 Å². The van der Waals surface area contributed by atoms with Crippen LogP contribution in [0.3, 0.4) is 0 Å². The van der Waals surface area contributed by atoms with Crippen molar-refractivity contribution in [3.63, 3.8) is 0 Å². The maximum absolute atomic E-state index is 11.0. The standard InChI is InChI=1S/C14H18N4O3/c1-3-11(19)14-16-13(8-12(15)20)17-18(14)9-4-6-10(21-2)7-5-9/h4-7,11,19H,3,8H2,1-2H3,(H2,15,20). The first-order valence-corrected chi connectivity index (χ1v) is 6.61. The van der Waals surface area contributed by atoms with Gasteiger partial charge in [-0.25, -0.2) is 9.67 Å². The van der Waals surface area contributed by atoms with E-state index in [1.807, 2.05) is 6.92 Å². The highest BCUT2D eigenvalue weighted by atomic mass is 16.5. The number of benzene rings is 1. The van der Waals surface area contributed by atoms with Crippen molar-refractivity contribution in [1.82, 2.24) is 14.8 Å². The number of hydrogen-bond acceptors (Lipinski definition) is 5. The molecule has 0 saturated heterocycles. The first-order chi connectivity index (χ1) is 10.0. The molecule has 0 aliphatic carbocycles. The van der Waals surface area contributed by atoms with Crippen LogP contribution in [0.4, 0.5) is 0 Å². The van der Waals surface area contributed by atoms with Gasteiger partial charge in [0.2, 0.25) is 5.91 Å². The fourth-order valence-electron chi connectivity index (χ4n) is 1.91. The molecule has 1 aromatic carbocycles. The lowest BCUT2D eigenvalue weighted by Gasteiger charge is -2.10. The number of ether oxygens (including phenoxy) is 1. The highest BCUT2D eigenvalue weighted by Crippen LogP contribution is 2.20. The normalized spacial score (nSPS) is 12.1. The Kier molecular flexibility index (Phi) is 4.54. The Morgan fingerprint density at radius 1 is 1.43 bits per heavy atom. The van der Waals surface area contributed by atoms with Gasteiger partial charge < -0.3 is 15.6 Å². The van der Waals surface area contributed by atoms with Crippen LogP contribution in [-0.2, 0) is 11.2 Å². The van der Waals surface area contributed by atoms with Gasteiger partial charge in [-0.3, -0.25) is 4.79 Å². The second-order valence-corrected chi connectivity index (χ2v) is 4.56. The molecule has 0 bridgehead atoms. The molecule has 7 nitrogen and oxygen atoms in total. The maximum Gasteiger partial charge on any atom is 0.225 e. The van der Waals surface area contributed by atoms with Crippen molar-refractivity contribution < 1.29 is 14.6 Å². The van der Waals surface area contributed by atoms with E-state index in [-0.39, 0.29) is 6.42 Å². The van der Waals surface area contributed by atoms with Crippen LogP contribution >= 0.6 is 0 Å². The molecule has 0 aliphatic rings. The van der Waals surface area contributed by atoms with E-state index in [1.165, 1.54) is 4.68 Å². The van der Waals surface area contributed by atoms with Crippen molar-refractivity contribution in [3.05, 3.63) is 35.9 Å². The van der Waals surface area contributed by atoms with Crippen molar-refractivity contribution in [2.45, 2.75) is 25.9 Å². The van der Waals surface area contributed by atoms with E-state index in [2.05, 4.69) is 10.1 Å². The number of methoxy groups -OCH3 is 1. The van der Waals surface area contributed by atoms with E-state index < -0.39 is 12.0 Å². The third-order valence-corrected chi connectivity index (χ3v) is 3.01. The molecule has 1 amide bonds. The number of aliphatic hydroxyl groups is 1. The Bertz CT molecular complexity index is 622. The van der Waals surface area contributed by atoms with Crippen LogP contribution in [0.2, 0.25) is 0 Å². The van der Waals surface area contributed by atoms with Crippen LogP contribution in [0.5, 0.6) is 5.75 Å². The van der Waals surface area contributed by atoms with E-state index in [1.54, 1.807) is 31.4 Å². The van der Waals surface area contributed by atoms with E-state index >= 15 is 0 Å². The third-order valence-electron chi connectivity index (χ3n) is 3.01. The summed E-state index contributed by atoms with van der Waals surface area (Å²) in [6.45, 7) is 1.84. The molecule has 21 heavy (non-hydrogen) atoms. The van der Waals surface area contributed by atoms with Crippen LogP contribution in [0.15, 0.2) is 24.3 Å². The van der Waals surface area contributed by atoms with E-state index in [4.69, 9.17) is 10.5 Å². The van der Waals surface area contributed by atoms with Crippen LogP contribution < -0.4 is 10.5 Å². The summed E-state index contributed by atoms with van der Waals surface area (Å²) in [5, 5.41) is 14.3. The molecule has 1 heterocycles. The Balaban J connectivity index is 2.43. The molecular weight excluding hydrogens is 272 g/mol. The smallest absolute Gasteiger partial charge is 0.225 e. The van der Waals surface area contributed by atoms with Crippen molar-refractivity contribution in [3.8, 4) is 11.4 Å². The largest absolute Gasteiger partial charge is 0.497 e. The number of aromatic nitrogens is 3. The zero-order valence-electron chi connectivity index (χ0n) is 12.0. The Labute approximate surface area is 122 Å². The van der Waals surface area contributed by atoms with Crippen LogP contribution in [0.1, 0.15) is 31.1 Å². The number of nitrogens with two attached hydrogens (primary N) is 1. The summed E-state index contributed by atoms with van der Waals surface area (Å²) in [4.78, 5) is 15.2. The Morgan fingerprint density at radius 3 is 2.62 bits per heavy atom. The van der Waals surface area contributed by atoms with Gasteiger partial charge in [-0.15, -0.1) is 0 Å². The van der Waals surface area contributed by atoms with Gasteiger partial charge >= 0.3 is 0 Å². The zero-order valence-corrected chi connectivity index (χ0v) is 12.0. The maximum atomic E-state index is 11.0. The molecule has 0 radical (unpaired) electrons. The molecule has 112 valence electrons. The van der Waals surface area contributed by atoms with Gasteiger partial charge in [0.05, 0.1) is 19.2 Å². The van der Waals surface area contributed by atoms with Gasteiger partial charge in [-0.1, -0.05) is 6.92 Å². The van der Waals surface area contributed by atoms with Crippen LogP contribution in [0, 0.1) is 0 Å². The molecule has 1 unspecified atom stereocenters. The second-order valence-electron chi connectivity index (χ2n) is 4.56. The summed E-state index contributed by atoms with van der Waals surface area (Å²) in [7, 11) is 1.59. The lowest BCUT2D eigenvalue weighted by molar-refractivity contribution is -0.117. The van der Waals surface area contributed by atoms with Gasteiger partial charge in [-0.2, -0.15) is 5.10 Å². The Morgan fingerprint density at radius 2 is 2.10 bits per heavy atom. The average molecular weight is 290 g/mol. The van der Waals surface area contributed by atoms with E-state index in [0.29, 0.717) is 23.8 Å². The molecule has 3 N–H and O–H groups in total. The Hall–Kier alpha value is -2.41. The first kappa shape index (κ1) is 15.0. The summed E-state index contributed by atoms with van der Waals surface area (Å²) < 4.78 is 6.63. The average Bonchev–Trinajstić information content (AvgIpc) is 2.89. The molecule has 2 aromatic rings. The minimum Gasteiger partial charge on any atom is -0.497 e. The molecule has 0 saturated carbocycles. The lowest BCUT2D eigenvalue weighted by Crippen LogP contribution is -2.14. The van der Waals surface area contributed by atoms with Gasteiger partial charge in [0.1, 0.15) is 11.9 Å². The fourth-order valence-corrected chi connectivity index (χ4v) is 1.91. The third kappa shape index (κ3) is 3.38. The first-order valence-electron chi connectivity index (χ1n) is 6.61. The molecule has 0 aliphatic heterocycles. The molecule has 7 heteroatoms. The number of carbonyl (C=O) groups excluding carboxylic acids is 1. The number of hydrogen-bond donors (Lipinski definition) is 2. The number of aliphatic hydroxyl groups excluding tert-OH is 1. The SMILES string of the molecule is CCC(O)c1nc(CC(N)=O)nn1-c1ccc(OC)cc1. The van der Waals surface area contributed by atoms with Crippen LogP contribution in [-0.4, -0.2) is 32.9 Å². The van der Waals surface area contributed by atoms with Crippen LogP contribution in [0.25, 0.3) is 5.69 Å². The van der Waals surface area contributed by atoms with E-state index in [9.17, 15) is 9.90 Å². The molecule has 2 rings (SSSR count). The highest BCUT2D eigenvalue weighted by molar-refractivity contribution is 5.75. The molecule has 1 atom stereocenters. The highest BCUT2D eigenvalue weighted by Gasteiger charge is 2.18. The predicted octanol–water partition coefficient (Wildman–Crippen LogP) is 0.747. The fraction of sp³-hybridized carbons (Fsp3) is 0.357. The molecule has 1 aromatic heterocycles. The number of carbonyl (C=O) groups is 1. The van der Waals surface area contributed by atoms with Gasteiger partial charge in [0.25, 0.3) is 0 Å². The van der Waals surface area contributed by atoms with Gasteiger partial charge in [0.15, 0.2) is 11.6 Å². The van der Waals surface area contributed by atoms with Gasteiger partial charge in [0, 0.05) is 0 Å². The monoisotopic (exact) mass is 290 g/mol. The minimum absolute atomic E-state index is 0.0629. The second kappa shape index (κ2) is 6.36. The number of primary amides is 1.